The number of benzene rings is 1. The second-order valence-electron chi connectivity index (χ2n) is 4.42. The number of nitrogens with zero attached hydrogens (tertiary/aromatic N) is 1. The minimum absolute atomic E-state index is 0.0488. The molecule has 7 nitrogen and oxygen atoms in total. The molecule has 0 bridgehead atoms. The van der Waals surface area contributed by atoms with E-state index in [-0.39, 0.29) is 11.6 Å². The Labute approximate surface area is 118 Å². The number of nitrogens with one attached hydrogen (secondary N) is 1. The molecule has 1 atom stereocenters. The zero-order valence-electron chi connectivity index (χ0n) is 12.1. The van der Waals surface area contributed by atoms with Gasteiger partial charge in [0.15, 0.2) is 11.5 Å². The summed E-state index contributed by atoms with van der Waals surface area (Å²) in [4.78, 5) is 10.7. The highest BCUT2D eigenvalue weighted by molar-refractivity contribution is 5.68. The highest BCUT2D eigenvalue weighted by atomic mass is 16.6. The minimum atomic E-state index is -0.453. The van der Waals surface area contributed by atoms with Crippen LogP contribution in [0, 0.1) is 16.0 Å². The number of nitro benzene ring substituents is 1. The Morgan fingerprint density at radius 1 is 1.25 bits per heavy atom. The van der Waals surface area contributed by atoms with E-state index in [1.165, 1.54) is 20.3 Å². The molecule has 1 aromatic carbocycles. The maximum atomic E-state index is 11.1. The summed E-state index contributed by atoms with van der Waals surface area (Å²) in [5, 5.41) is 14.2. The van der Waals surface area contributed by atoms with E-state index in [0.717, 1.165) is 0 Å². The Morgan fingerprint density at radius 3 is 2.35 bits per heavy atom. The molecule has 0 saturated heterocycles. The van der Waals surface area contributed by atoms with Crippen LogP contribution < -0.4 is 14.8 Å². The molecule has 1 rings (SSSR count). The van der Waals surface area contributed by atoms with Crippen molar-refractivity contribution < 1.29 is 19.1 Å². The molecule has 1 unspecified atom stereocenters. The normalized spacial score (nSPS) is 11.8. The molecule has 112 valence electrons. The Balaban J connectivity index is 3.00. The van der Waals surface area contributed by atoms with Crippen LogP contribution in [0.1, 0.15) is 6.92 Å². The summed E-state index contributed by atoms with van der Waals surface area (Å²) in [5.41, 5.74) is 0.350. The third-order valence-electron chi connectivity index (χ3n) is 2.79. The molecule has 1 N–H and O–H groups in total. The highest BCUT2D eigenvalue weighted by Gasteiger charge is 2.19. The molecule has 0 aliphatic carbocycles. The molecule has 0 saturated carbocycles. The summed E-state index contributed by atoms with van der Waals surface area (Å²) in [6.45, 7) is 3.13. The Kier molecular flexibility index (Phi) is 6.05. The van der Waals surface area contributed by atoms with Crippen molar-refractivity contribution in [2.75, 3.05) is 39.8 Å². The van der Waals surface area contributed by atoms with Gasteiger partial charge >= 0.3 is 0 Å². The number of nitro groups is 1. The van der Waals surface area contributed by atoms with Gasteiger partial charge in [-0.15, -0.1) is 0 Å². The van der Waals surface area contributed by atoms with Crippen molar-refractivity contribution in [3.63, 3.8) is 0 Å². The second-order valence-corrected chi connectivity index (χ2v) is 4.42. The average molecular weight is 284 g/mol. The lowest BCUT2D eigenvalue weighted by Gasteiger charge is -2.14. The lowest BCUT2D eigenvalue weighted by Crippen LogP contribution is -2.16. The van der Waals surface area contributed by atoms with E-state index < -0.39 is 4.92 Å². The van der Waals surface area contributed by atoms with E-state index in [2.05, 4.69) is 5.32 Å². The van der Waals surface area contributed by atoms with Crippen LogP contribution in [-0.4, -0.2) is 39.4 Å². The van der Waals surface area contributed by atoms with Gasteiger partial charge in [0.05, 0.1) is 31.8 Å². The SMILES string of the molecule is COCC(C)CNc1cc(OC)c(OC)cc1[N+](=O)[O-]. The van der Waals surface area contributed by atoms with Crippen molar-refractivity contribution >= 4 is 11.4 Å². The molecule has 0 amide bonds. The van der Waals surface area contributed by atoms with Crippen molar-refractivity contribution in [1.29, 1.82) is 0 Å². The monoisotopic (exact) mass is 284 g/mol. The van der Waals surface area contributed by atoms with Crippen LogP contribution in [-0.2, 0) is 4.74 Å². The smallest absolute Gasteiger partial charge is 0.296 e. The van der Waals surface area contributed by atoms with Gasteiger partial charge in [0.1, 0.15) is 5.69 Å². The van der Waals surface area contributed by atoms with E-state index in [1.807, 2.05) is 6.92 Å². The molecule has 0 heterocycles. The Hall–Kier alpha value is -2.02. The summed E-state index contributed by atoms with van der Waals surface area (Å²) < 4.78 is 15.3. The number of ether oxygens (including phenoxy) is 3. The van der Waals surface area contributed by atoms with Crippen LogP contribution in [0.2, 0.25) is 0 Å². The van der Waals surface area contributed by atoms with E-state index in [9.17, 15) is 10.1 Å². The first-order valence-electron chi connectivity index (χ1n) is 6.16. The predicted molar refractivity (Wildman–Crippen MR) is 75.7 cm³/mol. The topological polar surface area (TPSA) is 82.9 Å². The highest BCUT2D eigenvalue weighted by Crippen LogP contribution is 2.37. The number of anilines is 1. The molecule has 20 heavy (non-hydrogen) atoms. The maximum Gasteiger partial charge on any atom is 0.296 e. The summed E-state index contributed by atoms with van der Waals surface area (Å²) in [7, 11) is 4.55. The molecule has 0 aliphatic heterocycles. The second kappa shape index (κ2) is 7.54. The van der Waals surface area contributed by atoms with Crippen LogP contribution in [0.4, 0.5) is 11.4 Å². The zero-order valence-corrected chi connectivity index (χ0v) is 12.1. The van der Waals surface area contributed by atoms with Gasteiger partial charge in [-0.25, -0.2) is 0 Å². The molecule has 0 fully saturated rings. The molecule has 0 aliphatic rings. The fourth-order valence-electron chi connectivity index (χ4n) is 1.79. The van der Waals surface area contributed by atoms with Gasteiger partial charge in [-0.3, -0.25) is 10.1 Å². The predicted octanol–water partition coefficient (Wildman–Crippen LogP) is 2.31. The van der Waals surface area contributed by atoms with Gasteiger partial charge in [-0.2, -0.15) is 0 Å². The molecule has 7 heteroatoms. The molecule has 0 aromatic heterocycles. The summed E-state index contributed by atoms with van der Waals surface area (Å²) in [5.74, 6) is 1.00. The third-order valence-corrected chi connectivity index (χ3v) is 2.79. The van der Waals surface area contributed by atoms with Gasteiger partial charge < -0.3 is 19.5 Å². The van der Waals surface area contributed by atoms with E-state index in [1.54, 1.807) is 13.2 Å². The zero-order chi connectivity index (χ0) is 15.1. The fraction of sp³-hybridized carbons (Fsp3) is 0.538. The lowest BCUT2D eigenvalue weighted by atomic mass is 10.2. The van der Waals surface area contributed by atoms with Crippen LogP contribution in [0.5, 0.6) is 11.5 Å². The molecule has 1 aromatic rings. The lowest BCUT2D eigenvalue weighted by molar-refractivity contribution is -0.384. The molecular weight excluding hydrogens is 264 g/mol. The quantitative estimate of drug-likeness (QED) is 0.582. The number of methoxy groups -OCH3 is 3. The van der Waals surface area contributed by atoms with Crippen LogP contribution in [0.15, 0.2) is 12.1 Å². The number of hydrogen-bond donors (Lipinski definition) is 1. The van der Waals surface area contributed by atoms with Gasteiger partial charge in [0, 0.05) is 19.7 Å². The van der Waals surface area contributed by atoms with Crippen molar-refractivity contribution in [3.8, 4) is 11.5 Å². The number of rotatable bonds is 8. The van der Waals surface area contributed by atoms with Gasteiger partial charge in [0.2, 0.25) is 0 Å². The maximum absolute atomic E-state index is 11.1. The fourth-order valence-corrected chi connectivity index (χ4v) is 1.79. The molecular formula is C13H20N2O5. The van der Waals surface area contributed by atoms with Crippen molar-refractivity contribution in [1.82, 2.24) is 0 Å². The van der Waals surface area contributed by atoms with Crippen LogP contribution in [0.25, 0.3) is 0 Å². The van der Waals surface area contributed by atoms with Crippen molar-refractivity contribution in [2.45, 2.75) is 6.92 Å². The number of hydrogen-bond acceptors (Lipinski definition) is 6. The van der Waals surface area contributed by atoms with E-state index in [4.69, 9.17) is 14.2 Å². The van der Waals surface area contributed by atoms with Crippen molar-refractivity contribution in [3.05, 3.63) is 22.2 Å². The van der Waals surface area contributed by atoms with Gasteiger partial charge in [0.25, 0.3) is 5.69 Å². The van der Waals surface area contributed by atoms with E-state index >= 15 is 0 Å². The summed E-state index contributed by atoms with van der Waals surface area (Å²) >= 11 is 0. The van der Waals surface area contributed by atoms with Gasteiger partial charge in [-0.05, 0) is 5.92 Å². The minimum Gasteiger partial charge on any atom is -0.493 e. The van der Waals surface area contributed by atoms with E-state index in [0.29, 0.717) is 30.3 Å². The molecule has 0 spiro atoms. The third kappa shape index (κ3) is 3.99. The first kappa shape index (κ1) is 16.0. The summed E-state index contributed by atoms with van der Waals surface area (Å²) in [6.07, 6.45) is 0. The summed E-state index contributed by atoms with van der Waals surface area (Å²) in [6, 6.07) is 2.92. The Bertz CT molecular complexity index is 464. The van der Waals surface area contributed by atoms with Crippen molar-refractivity contribution in [2.24, 2.45) is 5.92 Å². The largest absolute Gasteiger partial charge is 0.493 e. The van der Waals surface area contributed by atoms with Crippen LogP contribution in [0.3, 0.4) is 0 Å². The first-order valence-corrected chi connectivity index (χ1v) is 6.16. The molecule has 0 radical (unpaired) electrons. The first-order chi connectivity index (χ1) is 9.53. The Morgan fingerprint density at radius 2 is 1.85 bits per heavy atom. The van der Waals surface area contributed by atoms with Gasteiger partial charge in [-0.1, -0.05) is 6.92 Å². The standard InChI is InChI=1S/C13H20N2O5/c1-9(8-18-2)7-14-10-5-12(19-3)13(20-4)6-11(10)15(16)17/h5-6,9,14H,7-8H2,1-4H3. The van der Waals surface area contributed by atoms with Crippen LogP contribution >= 0.6 is 0 Å². The average Bonchev–Trinajstić information content (AvgIpc) is 2.44.